The van der Waals surface area contributed by atoms with Crippen molar-refractivity contribution in [1.82, 2.24) is 15.0 Å². The van der Waals surface area contributed by atoms with Crippen LogP contribution in [0.15, 0.2) is 41.3 Å². The standard InChI is InChI=1S/C29H30F5N3O5S2/c1-15(29(32,33)34)37-44(41,42)23-7-6-21(19-4-2-3-5-20(19)23)24-22(12-16-8-10-28(30,31)11-9-16)36-26(43-24)25(38)35-18-13-17(14-18)27(39)40/h2-7,15-18,37H,8-14H2,1H3,(H,35,38)(H,39,40)/t15-,17?,18?/m1/s1. The van der Waals surface area contributed by atoms with E-state index in [1.54, 1.807) is 22.9 Å². The molecule has 44 heavy (non-hydrogen) atoms. The van der Waals surface area contributed by atoms with E-state index < -0.39 is 46.0 Å². The lowest BCUT2D eigenvalue weighted by Gasteiger charge is -2.32. The van der Waals surface area contributed by atoms with E-state index >= 15 is 0 Å². The van der Waals surface area contributed by atoms with Gasteiger partial charge in [0.2, 0.25) is 15.9 Å². The van der Waals surface area contributed by atoms with E-state index in [4.69, 9.17) is 5.11 Å². The number of hydrogen-bond acceptors (Lipinski definition) is 6. The Morgan fingerprint density at radius 3 is 2.34 bits per heavy atom. The van der Waals surface area contributed by atoms with Crippen molar-refractivity contribution >= 4 is 44.0 Å². The van der Waals surface area contributed by atoms with Crippen molar-refractivity contribution in [3.05, 3.63) is 47.1 Å². The molecule has 2 aliphatic carbocycles. The molecule has 1 heterocycles. The Labute approximate surface area is 254 Å². The number of carboxylic acids is 1. The number of fused-ring (bicyclic) bond motifs is 1. The molecule has 15 heteroatoms. The number of thiazole rings is 1. The van der Waals surface area contributed by atoms with E-state index in [1.165, 1.54) is 18.2 Å². The van der Waals surface area contributed by atoms with Gasteiger partial charge in [-0.05, 0) is 56.4 Å². The van der Waals surface area contributed by atoms with Crippen LogP contribution in [0.5, 0.6) is 0 Å². The van der Waals surface area contributed by atoms with E-state index in [2.05, 4.69) is 10.3 Å². The van der Waals surface area contributed by atoms with Crippen molar-refractivity contribution in [3.8, 4) is 10.4 Å². The van der Waals surface area contributed by atoms with Gasteiger partial charge in [0.05, 0.1) is 21.4 Å². The number of carboxylic acid groups (broad SMARTS) is 1. The SMILES string of the molecule is C[C@@H](NS(=O)(=O)c1ccc(-c2sc(C(=O)NC3CC(C(=O)O)C3)nc2CC2CCC(F)(F)CC2)c2ccccc12)C(F)(F)F. The number of sulfonamides is 1. The predicted octanol–water partition coefficient (Wildman–Crippen LogP) is 6.15. The first kappa shape index (κ1) is 32.2. The number of carbonyl (C=O) groups excluding carboxylic acids is 1. The summed E-state index contributed by atoms with van der Waals surface area (Å²) in [5.74, 6) is -4.86. The van der Waals surface area contributed by atoms with Gasteiger partial charge in [-0.25, -0.2) is 22.2 Å². The van der Waals surface area contributed by atoms with Crippen LogP contribution in [-0.4, -0.2) is 54.6 Å². The lowest BCUT2D eigenvalue weighted by atomic mass is 9.80. The average molecular weight is 660 g/mol. The summed E-state index contributed by atoms with van der Waals surface area (Å²) < 4.78 is 95.0. The fourth-order valence-electron chi connectivity index (χ4n) is 5.63. The van der Waals surface area contributed by atoms with Crippen molar-refractivity contribution in [2.45, 2.75) is 80.9 Å². The van der Waals surface area contributed by atoms with E-state index in [0.717, 1.165) is 11.3 Å². The highest BCUT2D eigenvalue weighted by Gasteiger charge is 2.40. The lowest BCUT2D eigenvalue weighted by Crippen LogP contribution is -2.46. The average Bonchev–Trinajstić information content (AvgIpc) is 3.33. The summed E-state index contributed by atoms with van der Waals surface area (Å²) in [6, 6.07) is 6.26. The third kappa shape index (κ3) is 6.89. The molecule has 2 aliphatic rings. The Morgan fingerprint density at radius 2 is 1.73 bits per heavy atom. The molecule has 2 aromatic carbocycles. The van der Waals surface area contributed by atoms with Gasteiger partial charge in [-0.2, -0.15) is 17.9 Å². The van der Waals surface area contributed by atoms with Crippen LogP contribution in [0.25, 0.3) is 21.2 Å². The number of nitrogens with zero attached hydrogens (tertiary/aromatic N) is 1. The third-order valence-electron chi connectivity index (χ3n) is 8.27. The number of rotatable bonds is 9. The summed E-state index contributed by atoms with van der Waals surface area (Å²) in [7, 11) is -4.60. The van der Waals surface area contributed by atoms with E-state index in [9.17, 15) is 40.0 Å². The van der Waals surface area contributed by atoms with Crippen LogP contribution in [0.3, 0.4) is 0 Å². The zero-order valence-corrected chi connectivity index (χ0v) is 25.1. The highest BCUT2D eigenvalue weighted by molar-refractivity contribution is 7.89. The Balaban J connectivity index is 1.52. The number of benzene rings is 2. The summed E-state index contributed by atoms with van der Waals surface area (Å²) in [6.45, 7) is 0.705. The summed E-state index contributed by atoms with van der Waals surface area (Å²) in [5, 5.41) is 12.5. The minimum absolute atomic E-state index is 0.0800. The molecule has 238 valence electrons. The van der Waals surface area contributed by atoms with Crippen molar-refractivity contribution in [3.63, 3.8) is 0 Å². The number of halogens is 5. The van der Waals surface area contributed by atoms with Crippen molar-refractivity contribution in [2.75, 3.05) is 0 Å². The fraction of sp³-hybridized carbons (Fsp3) is 0.483. The van der Waals surface area contributed by atoms with E-state index in [0.29, 0.717) is 34.9 Å². The van der Waals surface area contributed by atoms with Crippen LogP contribution in [0.4, 0.5) is 22.0 Å². The molecule has 0 spiro atoms. The van der Waals surface area contributed by atoms with Gasteiger partial charge in [-0.3, -0.25) is 9.59 Å². The van der Waals surface area contributed by atoms with Crippen LogP contribution < -0.4 is 10.0 Å². The normalized spacial score (nSPS) is 21.5. The number of hydrogen-bond donors (Lipinski definition) is 3. The monoisotopic (exact) mass is 659 g/mol. The first-order valence-electron chi connectivity index (χ1n) is 14.1. The summed E-state index contributed by atoms with van der Waals surface area (Å²) >= 11 is 1.03. The molecule has 5 rings (SSSR count). The summed E-state index contributed by atoms with van der Waals surface area (Å²) in [6.07, 6.45) is -3.97. The Bertz CT molecular complexity index is 1680. The Hall–Kier alpha value is -3.17. The van der Waals surface area contributed by atoms with Crippen LogP contribution in [0, 0.1) is 11.8 Å². The third-order valence-corrected chi connectivity index (χ3v) is 11.0. The van der Waals surface area contributed by atoms with Crippen LogP contribution in [0.2, 0.25) is 0 Å². The van der Waals surface area contributed by atoms with Crippen molar-refractivity contribution in [1.29, 1.82) is 0 Å². The molecule has 1 atom stereocenters. The highest BCUT2D eigenvalue weighted by atomic mass is 32.2. The van der Waals surface area contributed by atoms with Gasteiger partial charge in [0, 0.05) is 29.8 Å². The van der Waals surface area contributed by atoms with Crippen molar-refractivity contribution < 1.29 is 45.1 Å². The first-order chi connectivity index (χ1) is 20.5. The minimum Gasteiger partial charge on any atom is -0.481 e. The molecule has 3 N–H and O–H groups in total. The molecule has 0 saturated heterocycles. The minimum atomic E-state index is -4.80. The number of nitrogens with one attached hydrogen (secondary N) is 2. The molecule has 0 bridgehead atoms. The van der Waals surface area contributed by atoms with E-state index in [-0.39, 0.29) is 65.8 Å². The molecule has 2 fully saturated rings. The molecular formula is C29H30F5N3O5S2. The van der Waals surface area contributed by atoms with Crippen molar-refractivity contribution in [2.24, 2.45) is 11.8 Å². The Morgan fingerprint density at radius 1 is 1.09 bits per heavy atom. The number of amides is 1. The lowest BCUT2D eigenvalue weighted by molar-refractivity contribution is -0.147. The van der Waals surface area contributed by atoms with Gasteiger partial charge in [-0.1, -0.05) is 30.3 Å². The summed E-state index contributed by atoms with van der Waals surface area (Å²) in [4.78, 5) is 29.0. The zero-order chi connectivity index (χ0) is 32.0. The Kier molecular flexibility index (Phi) is 8.77. The highest BCUT2D eigenvalue weighted by Crippen LogP contribution is 2.42. The second-order valence-electron chi connectivity index (χ2n) is 11.5. The second-order valence-corrected chi connectivity index (χ2v) is 14.2. The molecule has 0 unspecified atom stereocenters. The predicted molar refractivity (Wildman–Crippen MR) is 153 cm³/mol. The molecule has 8 nitrogen and oxygen atoms in total. The first-order valence-corrected chi connectivity index (χ1v) is 16.4. The number of aliphatic carboxylic acids is 1. The fourth-order valence-corrected chi connectivity index (χ4v) is 8.10. The maximum Gasteiger partial charge on any atom is 0.404 e. The number of aromatic nitrogens is 1. The number of alkyl halides is 5. The van der Waals surface area contributed by atoms with Gasteiger partial charge in [-0.15, -0.1) is 11.3 Å². The molecule has 1 amide bonds. The molecule has 2 saturated carbocycles. The van der Waals surface area contributed by atoms with Crippen LogP contribution in [0.1, 0.15) is 60.9 Å². The van der Waals surface area contributed by atoms with E-state index in [1.807, 2.05) is 0 Å². The summed E-state index contributed by atoms with van der Waals surface area (Å²) in [5.41, 5.74) is 0.961. The molecule has 0 radical (unpaired) electrons. The molecular weight excluding hydrogens is 629 g/mol. The van der Waals surface area contributed by atoms with Gasteiger partial charge in [0.25, 0.3) is 5.91 Å². The zero-order valence-electron chi connectivity index (χ0n) is 23.5. The quantitative estimate of drug-likeness (QED) is 0.237. The van der Waals surface area contributed by atoms with Crippen LogP contribution in [-0.2, 0) is 21.2 Å². The maximum absolute atomic E-state index is 13.8. The smallest absolute Gasteiger partial charge is 0.404 e. The van der Waals surface area contributed by atoms with Crippen LogP contribution >= 0.6 is 11.3 Å². The topological polar surface area (TPSA) is 125 Å². The molecule has 0 aliphatic heterocycles. The van der Waals surface area contributed by atoms with Gasteiger partial charge in [0.1, 0.15) is 6.04 Å². The molecule has 1 aromatic heterocycles. The van der Waals surface area contributed by atoms with Gasteiger partial charge < -0.3 is 10.4 Å². The molecule has 3 aromatic rings. The second kappa shape index (κ2) is 12.0. The van der Waals surface area contributed by atoms with Gasteiger partial charge >= 0.3 is 12.1 Å². The van der Waals surface area contributed by atoms with Gasteiger partial charge in [0.15, 0.2) is 5.01 Å². The largest absolute Gasteiger partial charge is 0.481 e. The number of carbonyl (C=O) groups is 2. The maximum atomic E-state index is 13.8.